The Labute approximate surface area is 119 Å². The first-order chi connectivity index (χ1) is 9.13. The Morgan fingerprint density at radius 1 is 1.45 bits per heavy atom. The van der Waals surface area contributed by atoms with E-state index in [1.807, 2.05) is 6.92 Å². The number of rotatable bonds is 7. The van der Waals surface area contributed by atoms with Crippen molar-refractivity contribution in [2.45, 2.75) is 44.0 Å². The summed E-state index contributed by atoms with van der Waals surface area (Å²) in [4.78, 5) is -0.236. The molecule has 0 N–H and O–H groups in total. The molecule has 0 aliphatic rings. The molecule has 0 amide bonds. The lowest BCUT2D eigenvalue weighted by atomic mass is 10.4. The number of hydrogen-bond donors (Lipinski definition) is 0. The van der Waals surface area contributed by atoms with Gasteiger partial charge >= 0.3 is 6.18 Å². The summed E-state index contributed by atoms with van der Waals surface area (Å²) in [6.07, 6.45) is -3.46. The van der Waals surface area contributed by atoms with Crippen molar-refractivity contribution in [2.24, 2.45) is 0 Å². The van der Waals surface area contributed by atoms with Crippen LogP contribution in [0.25, 0.3) is 0 Å². The van der Waals surface area contributed by atoms with Crippen LogP contribution in [0, 0.1) is 0 Å². The minimum atomic E-state index is -4.32. The van der Waals surface area contributed by atoms with Gasteiger partial charge in [0.15, 0.2) is 0 Å². The summed E-state index contributed by atoms with van der Waals surface area (Å²) in [5.41, 5.74) is 0.00984. The molecule has 0 spiro atoms. The number of alkyl halides is 3. The van der Waals surface area contributed by atoms with Crippen molar-refractivity contribution in [1.82, 2.24) is 9.78 Å². The Kier molecular flexibility index (Phi) is 5.84. The molecule has 10 heteroatoms. The minimum Gasteiger partial charge on any atom is -0.375 e. The molecule has 0 aromatic carbocycles. The summed E-state index contributed by atoms with van der Waals surface area (Å²) in [7, 11) is 1.24. The predicted octanol–water partition coefficient (Wildman–Crippen LogP) is 2.69. The lowest BCUT2D eigenvalue weighted by Crippen LogP contribution is -2.12. The fourth-order valence-corrected chi connectivity index (χ4v) is 2.46. The zero-order valence-corrected chi connectivity index (χ0v) is 12.2. The van der Waals surface area contributed by atoms with Crippen LogP contribution in [0.1, 0.15) is 25.5 Å². The summed E-state index contributed by atoms with van der Waals surface area (Å²) in [5, 5.41) is 3.95. The van der Waals surface area contributed by atoms with E-state index < -0.39 is 28.3 Å². The average molecular weight is 335 g/mol. The number of ether oxygens (including phenoxy) is 1. The van der Waals surface area contributed by atoms with Crippen LogP contribution >= 0.6 is 10.7 Å². The SMILES string of the molecule is CCCn1cc(S(=O)(=O)Cl)c(COCCC(F)(F)F)n1. The molecule has 0 aliphatic carbocycles. The third-order valence-electron chi connectivity index (χ3n) is 2.28. The second-order valence-corrected chi connectivity index (χ2v) is 6.59. The minimum absolute atomic E-state index is 0.00984. The summed E-state index contributed by atoms with van der Waals surface area (Å²) < 4.78 is 64.7. The molecule has 116 valence electrons. The Bertz CT molecular complexity index is 542. The molecule has 0 fully saturated rings. The fourth-order valence-electron chi connectivity index (χ4n) is 1.45. The largest absolute Gasteiger partial charge is 0.391 e. The van der Waals surface area contributed by atoms with Gasteiger partial charge in [0.1, 0.15) is 10.6 Å². The molecule has 0 aliphatic heterocycles. The zero-order valence-electron chi connectivity index (χ0n) is 10.7. The molecule has 1 heterocycles. The molecule has 1 aromatic heterocycles. The van der Waals surface area contributed by atoms with E-state index in [2.05, 4.69) is 5.10 Å². The van der Waals surface area contributed by atoms with Crippen molar-refractivity contribution in [2.75, 3.05) is 6.61 Å². The number of aromatic nitrogens is 2. The molecule has 0 atom stereocenters. The lowest BCUT2D eigenvalue weighted by molar-refractivity contribution is -0.146. The van der Waals surface area contributed by atoms with E-state index in [-0.39, 0.29) is 17.2 Å². The van der Waals surface area contributed by atoms with Crippen LogP contribution < -0.4 is 0 Å². The highest BCUT2D eigenvalue weighted by atomic mass is 35.7. The van der Waals surface area contributed by atoms with Gasteiger partial charge in [-0.25, -0.2) is 8.42 Å². The van der Waals surface area contributed by atoms with E-state index in [1.54, 1.807) is 0 Å². The van der Waals surface area contributed by atoms with E-state index in [9.17, 15) is 21.6 Å². The Balaban J connectivity index is 2.73. The molecular formula is C10H14ClF3N2O3S. The van der Waals surface area contributed by atoms with Gasteiger partial charge in [-0.05, 0) is 6.42 Å². The number of halogens is 4. The standard InChI is InChI=1S/C10H14ClF3N2O3S/c1-2-4-16-6-9(20(11,17)18)8(15-16)7-19-5-3-10(12,13)14/h6H,2-5,7H2,1H3. The van der Waals surface area contributed by atoms with Gasteiger partial charge in [-0.15, -0.1) is 0 Å². The van der Waals surface area contributed by atoms with E-state index >= 15 is 0 Å². The highest BCUT2D eigenvalue weighted by Gasteiger charge is 2.27. The zero-order chi connectivity index (χ0) is 15.4. The van der Waals surface area contributed by atoms with Crippen LogP contribution in [-0.2, 0) is 26.9 Å². The van der Waals surface area contributed by atoms with Gasteiger partial charge in [-0.3, -0.25) is 4.68 Å². The first-order valence-electron chi connectivity index (χ1n) is 5.79. The van der Waals surface area contributed by atoms with Gasteiger partial charge in [-0.1, -0.05) is 6.92 Å². The van der Waals surface area contributed by atoms with Crippen molar-refractivity contribution in [3.8, 4) is 0 Å². The maximum atomic E-state index is 11.9. The van der Waals surface area contributed by atoms with Crippen LogP contribution in [0.5, 0.6) is 0 Å². The Morgan fingerprint density at radius 3 is 2.60 bits per heavy atom. The molecule has 0 saturated carbocycles. The number of hydrogen-bond acceptors (Lipinski definition) is 4. The molecule has 20 heavy (non-hydrogen) atoms. The highest BCUT2D eigenvalue weighted by Crippen LogP contribution is 2.22. The van der Waals surface area contributed by atoms with Crippen molar-refractivity contribution < 1.29 is 26.3 Å². The van der Waals surface area contributed by atoms with Gasteiger partial charge in [-0.2, -0.15) is 18.3 Å². The van der Waals surface area contributed by atoms with Gasteiger partial charge in [0.2, 0.25) is 0 Å². The van der Waals surface area contributed by atoms with E-state index in [1.165, 1.54) is 10.9 Å². The van der Waals surface area contributed by atoms with Crippen molar-refractivity contribution in [3.05, 3.63) is 11.9 Å². The van der Waals surface area contributed by atoms with Crippen molar-refractivity contribution in [1.29, 1.82) is 0 Å². The lowest BCUT2D eigenvalue weighted by Gasteiger charge is -2.06. The molecule has 0 radical (unpaired) electrons. The topological polar surface area (TPSA) is 61.2 Å². The summed E-state index contributed by atoms with van der Waals surface area (Å²) in [5.74, 6) is 0. The first kappa shape index (κ1) is 17.3. The summed E-state index contributed by atoms with van der Waals surface area (Å²) >= 11 is 0. The molecule has 5 nitrogen and oxygen atoms in total. The molecule has 0 saturated heterocycles. The normalized spacial score (nSPS) is 12.8. The van der Waals surface area contributed by atoms with Gasteiger partial charge in [0, 0.05) is 23.4 Å². The molecule has 1 rings (SSSR count). The monoisotopic (exact) mass is 334 g/mol. The van der Waals surface area contributed by atoms with Crippen LogP contribution in [0.2, 0.25) is 0 Å². The van der Waals surface area contributed by atoms with Crippen LogP contribution in [0.4, 0.5) is 13.2 Å². The first-order valence-corrected chi connectivity index (χ1v) is 8.10. The highest BCUT2D eigenvalue weighted by molar-refractivity contribution is 8.13. The van der Waals surface area contributed by atoms with Crippen LogP contribution in [-0.4, -0.2) is 31.0 Å². The van der Waals surface area contributed by atoms with E-state index in [0.29, 0.717) is 6.54 Å². The molecular weight excluding hydrogens is 321 g/mol. The van der Waals surface area contributed by atoms with Crippen LogP contribution in [0.15, 0.2) is 11.1 Å². The average Bonchev–Trinajstić information content (AvgIpc) is 2.67. The van der Waals surface area contributed by atoms with Crippen LogP contribution in [0.3, 0.4) is 0 Å². The Hall–Kier alpha value is -0.800. The maximum Gasteiger partial charge on any atom is 0.391 e. The summed E-state index contributed by atoms with van der Waals surface area (Å²) in [6.45, 7) is 1.44. The maximum absolute atomic E-state index is 11.9. The third-order valence-corrected chi connectivity index (χ3v) is 3.65. The second kappa shape index (κ2) is 6.77. The van der Waals surface area contributed by atoms with Crippen molar-refractivity contribution in [3.63, 3.8) is 0 Å². The van der Waals surface area contributed by atoms with Gasteiger partial charge in [0.25, 0.3) is 9.05 Å². The molecule has 1 aromatic rings. The number of aryl methyl sites for hydroxylation is 1. The Morgan fingerprint density at radius 2 is 2.10 bits per heavy atom. The quantitative estimate of drug-likeness (QED) is 0.568. The predicted molar refractivity (Wildman–Crippen MR) is 65.9 cm³/mol. The number of nitrogens with zero attached hydrogens (tertiary/aromatic N) is 2. The van der Waals surface area contributed by atoms with Crippen molar-refractivity contribution >= 4 is 19.7 Å². The van der Waals surface area contributed by atoms with Gasteiger partial charge in [0.05, 0.1) is 19.6 Å². The van der Waals surface area contributed by atoms with E-state index in [4.69, 9.17) is 15.4 Å². The third kappa shape index (κ3) is 5.68. The summed E-state index contributed by atoms with van der Waals surface area (Å²) in [6, 6.07) is 0. The second-order valence-electron chi connectivity index (χ2n) is 4.06. The smallest absolute Gasteiger partial charge is 0.375 e. The molecule has 0 unspecified atom stereocenters. The van der Waals surface area contributed by atoms with Gasteiger partial charge < -0.3 is 4.74 Å². The van der Waals surface area contributed by atoms with E-state index in [0.717, 1.165) is 6.42 Å². The fraction of sp³-hybridized carbons (Fsp3) is 0.700. The molecule has 0 bridgehead atoms.